The number of para-hydroxylation sites is 2. The van der Waals surface area contributed by atoms with Gasteiger partial charge in [0.15, 0.2) is 11.0 Å². The molecular formula is C23H19ClN6O3S. The van der Waals surface area contributed by atoms with Crippen LogP contribution < -0.4 is 5.32 Å². The molecule has 9 nitrogen and oxygen atoms in total. The third-order valence-corrected chi connectivity index (χ3v) is 6.51. The van der Waals surface area contributed by atoms with E-state index in [2.05, 4.69) is 20.5 Å². The molecule has 0 radical (unpaired) electrons. The van der Waals surface area contributed by atoms with Crippen molar-refractivity contribution in [2.45, 2.75) is 24.3 Å². The van der Waals surface area contributed by atoms with E-state index in [-0.39, 0.29) is 11.4 Å². The van der Waals surface area contributed by atoms with Gasteiger partial charge in [-0.1, -0.05) is 41.6 Å². The maximum absolute atomic E-state index is 12.9. The highest BCUT2D eigenvalue weighted by atomic mass is 35.5. The van der Waals surface area contributed by atoms with E-state index in [4.69, 9.17) is 11.6 Å². The van der Waals surface area contributed by atoms with Crippen LogP contribution in [0.1, 0.15) is 12.5 Å². The molecule has 0 saturated carbocycles. The number of rotatable bonds is 7. The molecule has 4 rings (SSSR count). The Kier molecular flexibility index (Phi) is 6.90. The molecule has 0 fully saturated rings. The monoisotopic (exact) mass is 494 g/mol. The molecule has 4 aromatic rings. The number of carbonyl (C=O) groups excluding carboxylic acids is 1. The molecule has 0 spiro atoms. The quantitative estimate of drug-likeness (QED) is 0.210. The first-order valence-electron chi connectivity index (χ1n) is 10.2. The number of nitro groups is 1. The molecular weight excluding hydrogens is 476 g/mol. The second-order valence-electron chi connectivity index (χ2n) is 7.29. The van der Waals surface area contributed by atoms with Gasteiger partial charge >= 0.3 is 0 Å². The second-order valence-corrected chi connectivity index (χ2v) is 9.00. The van der Waals surface area contributed by atoms with Crippen LogP contribution in [0, 0.1) is 17.0 Å². The predicted octanol–water partition coefficient (Wildman–Crippen LogP) is 5.32. The summed E-state index contributed by atoms with van der Waals surface area (Å²) in [7, 11) is 0. The summed E-state index contributed by atoms with van der Waals surface area (Å²) in [6, 6.07) is 15.2. The topological polar surface area (TPSA) is 116 Å². The Morgan fingerprint density at radius 1 is 1.12 bits per heavy atom. The zero-order chi connectivity index (χ0) is 24.2. The lowest BCUT2D eigenvalue weighted by atomic mass is 10.2. The van der Waals surface area contributed by atoms with Gasteiger partial charge in [0.05, 0.1) is 15.9 Å². The number of thioether (sulfide) groups is 1. The molecule has 11 heteroatoms. The minimum Gasteiger partial charge on any atom is -0.319 e. The number of nitrogens with one attached hydrogen (secondary N) is 1. The molecule has 2 aromatic heterocycles. The van der Waals surface area contributed by atoms with Crippen molar-refractivity contribution < 1.29 is 9.72 Å². The highest BCUT2D eigenvalue weighted by Gasteiger charge is 2.24. The average molecular weight is 495 g/mol. The van der Waals surface area contributed by atoms with Crippen molar-refractivity contribution in [1.82, 2.24) is 19.7 Å². The fraction of sp³-hybridized carbons (Fsp3) is 0.130. The molecule has 1 N–H and O–H groups in total. The molecule has 0 aliphatic rings. The van der Waals surface area contributed by atoms with Crippen LogP contribution in [0.25, 0.3) is 17.1 Å². The molecule has 172 valence electrons. The molecule has 2 heterocycles. The van der Waals surface area contributed by atoms with Crippen molar-refractivity contribution in [1.29, 1.82) is 0 Å². The van der Waals surface area contributed by atoms with Crippen LogP contribution in [0.15, 0.2) is 72.1 Å². The number of hydrogen-bond acceptors (Lipinski definition) is 7. The summed E-state index contributed by atoms with van der Waals surface area (Å²) in [6.45, 7) is 3.60. The average Bonchev–Trinajstić information content (AvgIpc) is 3.24. The molecule has 0 aliphatic carbocycles. The van der Waals surface area contributed by atoms with Crippen molar-refractivity contribution in [3.63, 3.8) is 0 Å². The molecule has 1 unspecified atom stereocenters. The molecule has 0 aliphatic heterocycles. The van der Waals surface area contributed by atoms with Gasteiger partial charge < -0.3 is 5.32 Å². The summed E-state index contributed by atoms with van der Waals surface area (Å²) in [5.74, 6) is 0.170. The Labute approximate surface area is 204 Å². The van der Waals surface area contributed by atoms with Crippen molar-refractivity contribution in [3.8, 4) is 17.1 Å². The lowest BCUT2D eigenvalue weighted by Crippen LogP contribution is -2.23. The summed E-state index contributed by atoms with van der Waals surface area (Å²) in [6.07, 6.45) is 3.32. The lowest BCUT2D eigenvalue weighted by molar-refractivity contribution is -0.383. The third-order valence-electron chi connectivity index (χ3n) is 5.06. The number of aromatic nitrogens is 4. The molecule has 34 heavy (non-hydrogen) atoms. The van der Waals surface area contributed by atoms with Crippen molar-refractivity contribution in [3.05, 3.63) is 87.7 Å². The number of anilines is 1. The number of pyridine rings is 1. The first kappa shape index (κ1) is 23.4. The SMILES string of the molecule is Cc1c(Cl)cccc1-n1c(SC(C)C(=O)Nc2ccccc2[N+](=O)[O-])nnc1-c1ccncc1. The smallest absolute Gasteiger partial charge is 0.292 e. The number of halogens is 1. The van der Waals surface area contributed by atoms with Gasteiger partial charge in [0.25, 0.3) is 5.69 Å². The Balaban J connectivity index is 1.68. The standard InChI is InChI=1S/C23H19ClN6O3S/c1-14-17(24)6-5-9-19(14)29-21(16-10-12-25-13-11-16)27-28-23(29)34-15(2)22(31)26-18-7-3-4-8-20(18)30(32)33/h3-13,15H,1-2H3,(H,26,31). The Hall–Kier alpha value is -3.76. The van der Waals surface area contributed by atoms with Gasteiger partial charge in [0.1, 0.15) is 5.69 Å². The van der Waals surface area contributed by atoms with Crippen LogP contribution >= 0.6 is 23.4 Å². The summed E-state index contributed by atoms with van der Waals surface area (Å²) in [5.41, 5.74) is 2.36. The van der Waals surface area contributed by atoms with Gasteiger partial charge in [-0.3, -0.25) is 24.5 Å². The summed E-state index contributed by atoms with van der Waals surface area (Å²) in [5, 5.41) is 23.1. The minimum absolute atomic E-state index is 0.134. The summed E-state index contributed by atoms with van der Waals surface area (Å²) in [4.78, 5) is 27.7. The van der Waals surface area contributed by atoms with Gasteiger partial charge in [-0.25, -0.2) is 0 Å². The zero-order valence-electron chi connectivity index (χ0n) is 18.2. The zero-order valence-corrected chi connectivity index (χ0v) is 19.7. The Morgan fingerprint density at radius 2 is 1.85 bits per heavy atom. The van der Waals surface area contributed by atoms with Gasteiger partial charge in [0.2, 0.25) is 5.91 Å². The number of hydrogen-bond donors (Lipinski definition) is 1. The fourth-order valence-corrected chi connectivity index (χ4v) is 4.30. The van der Waals surface area contributed by atoms with E-state index < -0.39 is 16.1 Å². The van der Waals surface area contributed by atoms with Crippen molar-refractivity contribution in [2.75, 3.05) is 5.32 Å². The van der Waals surface area contributed by atoms with E-state index in [0.29, 0.717) is 16.0 Å². The Morgan fingerprint density at radius 3 is 2.59 bits per heavy atom. The van der Waals surface area contributed by atoms with E-state index in [9.17, 15) is 14.9 Å². The van der Waals surface area contributed by atoms with Gasteiger partial charge in [0, 0.05) is 29.0 Å². The molecule has 1 amide bonds. The summed E-state index contributed by atoms with van der Waals surface area (Å²) < 4.78 is 1.84. The molecule has 0 saturated heterocycles. The maximum atomic E-state index is 12.9. The first-order valence-corrected chi connectivity index (χ1v) is 11.4. The van der Waals surface area contributed by atoms with E-state index in [1.807, 2.05) is 35.8 Å². The highest BCUT2D eigenvalue weighted by Crippen LogP contribution is 2.33. The van der Waals surface area contributed by atoms with E-state index in [1.54, 1.807) is 37.5 Å². The third kappa shape index (κ3) is 4.78. The van der Waals surface area contributed by atoms with E-state index in [0.717, 1.165) is 16.8 Å². The largest absolute Gasteiger partial charge is 0.319 e. The minimum atomic E-state index is -0.632. The number of carbonyl (C=O) groups is 1. The van der Waals surface area contributed by atoms with Crippen LogP contribution in [-0.2, 0) is 4.79 Å². The maximum Gasteiger partial charge on any atom is 0.292 e. The molecule has 0 bridgehead atoms. The number of nitro benzene ring substituents is 1. The molecule has 2 aromatic carbocycles. The van der Waals surface area contributed by atoms with Gasteiger partial charge in [-0.2, -0.15) is 0 Å². The number of benzene rings is 2. The van der Waals surface area contributed by atoms with Crippen LogP contribution in [0.4, 0.5) is 11.4 Å². The van der Waals surface area contributed by atoms with E-state index >= 15 is 0 Å². The lowest BCUT2D eigenvalue weighted by Gasteiger charge is -2.16. The number of amides is 1. The van der Waals surface area contributed by atoms with Gasteiger partial charge in [-0.05, 0) is 49.7 Å². The van der Waals surface area contributed by atoms with Crippen molar-refractivity contribution in [2.24, 2.45) is 0 Å². The Bertz CT molecular complexity index is 1360. The second kappa shape index (κ2) is 10.0. The van der Waals surface area contributed by atoms with Crippen LogP contribution in [0.3, 0.4) is 0 Å². The normalized spacial score (nSPS) is 11.7. The highest BCUT2D eigenvalue weighted by molar-refractivity contribution is 8.00. The van der Waals surface area contributed by atoms with Crippen LogP contribution in [-0.4, -0.2) is 35.8 Å². The van der Waals surface area contributed by atoms with Crippen LogP contribution in [0.2, 0.25) is 5.02 Å². The van der Waals surface area contributed by atoms with Crippen molar-refractivity contribution >= 4 is 40.6 Å². The van der Waals surface area contributed by atoms with E-state index in [1.165, 1.54) is 23.9 Å². The predicted molar refractivity (Wildman–Crippen MR) is 131 cm³/mol. The summed E-state index contributed by atoms with van der Waals surface area (Å²) >= 11 is 7.56. The fourth-order valence-electron chi connectivity index (χ4n) is 3.27. The number of nitrogens with zero attached hydrogens (tertiary/aromatic N) is 5. The van der Waals surface area contributed by atoms with Crippen LogP contribution in [0.5, 0.6) is 0 Å². The first-order chi connectivity index (χ1) is 16.4. The van der Waals surface area contributed by atoms with Gasteiger partial charge in [-0.15, -0.1) is 10.2 Å². The molecule has 1 atom stereocenters.